The molecule has 40 heavy (non-hydrogen) atoms. The van der Waals surface area contributed by atoms with Crippen molar-refractivity contribution >= 4 is 5.69 Å². The van der Waals surface area contributed by atoms with Crippen LogP contribution in [0.25, 0.3) is 0 Å². The summed E-state index contributed by atoms with van der Waals surface area (Å²) in [6.45, 7) is -2.10. The van der Waals surface area contributed by atoms with Crippen LogP contribution in [0.2, 0.25) is 0 Å². The van der Waals surface area contributed by atoms with Gasteiger partial charge in [-0.15, -0.1) is 0 Å². The smallest absolute Gasteiger partial charge is 0.458 e. The third kappa shape index (κ3) is 7.77. The van der Waals surface area contributed by atoms with Gasteiger partial charge in [0.25, 0.3) is 0 Å². The van der Waals surface area contributed by atoms with Crippen LogP contribution in [-0.4, -0.2) is 30.1 Å². The van der Waals surface area contributed by atoms with Crippen LogP contribution >= 0.6 is 0 Å². The number of benzene rings is 3. The first kappa shape index (κ1) is 31.0. The van der Waals surface area contributed by atoms with Gasteiger partial charge < -0.3 is 14.7 Å². The average molecular weight is 587 g/mol. The maximum absolute atomic E-state index is 13.8. The Morgan fingerprint density at radius 3 is 1.88 bits per heavy atom. The van der Waals surface area contributed by atoms with E-state index in [1.54, 1.807) is 0 Å². The maximum atomic E-state index is 13.8. The quantitative estimate of drug-likeness (QED) is 0.259. The molecule has 0 aliphatic rings. The first-order valence-electron chi connectivity index (χ1n) is 11.3. The van der Waals surface area contributed by atoms with Crippen LogP contribution in [0.4, 0.5) is 54.0 Å². The zero-order valence-corrected chi connectivity index (χ0v) is 20.1. The van der Waals surface area contributed by atoms with Gasteiger partial charge >= 0.3 is 24.5 Å². The molecule has 0 unspecified atom stereocenters. The molecular weight excluding hydrogens is 567 g/mol. The summed E-state index contributed by atoms with van der Waals surface area (Å²) in [5, 5.41) is 9.64. The molecular formula is C26H20F11NO2. The van der Waals surface area contributed by atoms with E-state index in [4.69, 9.17) is 4.74 Å². The maximum Gasteiger partial charge on any atom is 0.458 e. The second kappa shape index (κ2) is 11.5. The van der Waals surface area contributed by atoms with E-state index in [1.165, 1.54) is 30.3 Å². The van der Waals surface area contributed by atoms with Crippen LogP contribution in [-0.2, 0) is 25.3 Å². The Kier molecular flexibility index (Phi) is 8.92. The third-order valence-corrected chi connectivity index (χ3v) is 5.63. The summed E-state index contributed by atoms with van der Waals surface area (Å²) < 4.78 is 150. The van der Waals surface area contributed by atoms with Crippen molar-refractivity contribution in [3.05, 3.63) is 95.1 Å². The van der Waals surface area contributed by atoms with E-state index in [0.29, 0.717) is 12.1 Å². The SMILES string of the molecule is O[C@H](CN(Cc1cccc(C(F)(F)C(F)(F)F)c1)c1cccc(OCc2cccc(C(F)(F)F)c2)c1)C(F)(F)F. The molecule has 0 aliphatic carbocycles. The van der Waals surface area contributed by atoms with Crippen LogP contribution in [0.3, 0.4) is 0 Å². The molecule has 3 aromatic rings. The number of nitrogens with zero attached hydrogens (tertiary/aromatic N) is 1. The van der Waals surface area contributed by atoms with E-state index in [9.17, 15) is 53.4 Å². The lowest BCUT2D eigenvalue weighted by molar-refractivity contribution is -0.289. The molecule has 14 heteroatoms. The van der Waals surface area contributed by atoms with Crippen molar-refractivity contribution in [2.75, 3.05) is 11.4 Å². The van der Waals surface area contributed by atoms with Gasteiger partial charge in [-0.3, -0.25) is 0 Å². The lowest BCUT2D eigenvalue weighted by Crippen LogP contribution is -2.41. The molecule has 1 N–H and O–H groups in total. The molecule has 3 rings (SSSR count). The third-order valence-electron chi connectivity index (χ3n) is 5.63. The first-order chi connectivity index (χ1) is 18.4. The van der Waals surface area contributed by atoms with Crippen molar-refractivity contribution in [1.82, 2.24) is 0 Å². The van der Waals surface area contributed by atoms with Gasteiger partial charge in [-0.05, 0) is 41.5 Å². The van der Waals surface area contributed by atoms with Gasteiger partial charge in [0, 0.05) is 23.9 Å². The zero-order valence-electron chi connectivity index (χ0n) is 20.1. The Labute approximate surface area is 220 Å². The molecule has 218 valence electrons. The fourth-order valence-electron chi connectivity index (χ4n) is 3.60. The summed E-state index contributed by atoms with van der Waals surface area (Å²) in [6, 6.07) is 12.4. The Morgan fingerprint density at radius 1 is 0.700 bits per heavy atom. The Morgan fingerprint density at radius 2 is 1.27 bits per heavy atom. The molecule has 1 atom stereocenters. The lowest BCUT2D eigenvalue weighted by atomic mass is 10.0. The highest BCUT2D eigenvalue weighted by molar-refractivity contribution is 5.51. The van der Waals surface area contributed by atoms with E-state index in [2.05, 4.69) is 0 Å². The van der Waals surface area contributed by atoms with E-state index < -0.39 is 54.8 Å². The average Bonchev–Trinajstić information content (AvgIpc) is 2.86. The van der Waals surface area contributed by atoms with Crippen LogP contribution in [0, 0.1) is 0 Å². The van der Waals surface area contributed by atoms with Crippen LogP contribution in [0.5, 0.6) is 5.75 Å². The van der Waals surface area contributed by atoms with Gasteiger partial charge in [0.05, 0.1) is 12.1 Å². The normalized spacial score (nSPS) is 13.7. The van der Waals surface area contributed by atoms with Crippen LogP contribution in [0.15, 0.2) is 72.8 Å². The summed E-state index contributed by atoms with van der Waals surface area (Å²) in [5.74, 6) is -5.23. The Balaban J connectivity index is 1.88. The number of hydrogen-bond acceptors (Lipinski definition) is 3. The fourth-order valence-corrected chi connectivity index (χ4v) is 3.60. The largest absolute Gasteiger partial charge is 0.489 e. The standard InChI is InChI=1S/C26H20F11NO2/c27-23(28,26(35,36)37)18-6-1-4-16(10-18)13-38(14-22(39)25(32,33)34)20-8-3-9-21(12-20)40-15-17-5-2-7-19(11-17)24(29,30)31/h1-12,22,39H,13-15H2/t22-/m1/s1. The monoisotopic (exact) mass is 587 g/mol. The molecule has 0 saturated carbocycles. The summed E-state index contributed by atoms with van der Waals surface area (Å²) in [6.07, 6.45) is -18.5. The highest BCUT2D eigenvalue weighted by Gasteiger charge is 2.58. The number of rotatable bonds is 9. The van der Waals surface area contributed by atoms with Gasteiger partial charge in [0.1, 0.15) is 12.4 Å². The summed E-state index contributed by atoms with van der Waals surface area (Å²) in [7, 11) is 0. The fraction of sp³-hybridized carbons (Fsp3) is 0.308. The number of halogens is 11. The molecule has 0 radical (unpaired) electrons. The summed E-state index contributed by atoms with van der Waals surface area (Å²) in [5.41, 5.74) is -2.48. The van der Waals surface area contributed by atoms with Crippen LogP contribution in [0.1, 0.15) is 22.3 Å². The molecule has 0 bridgehead atoms. The van der Waals surface area contributed by atoms with E-state index in [-0.39, 0.29) is 29.2 Å². The number of aliphatic hydroxyl groups is 1. The minimum atomic E-state index is -5.91. The zero-order chi connectivity index (χ0) is 29.9. The second-order valence-corrected chi connectivity index (χ2v) is 8.69. The van der Waals surface area contributed by atoms with Crippen molar-refractivity contribution in [3.8, 4) is 5.75 Å². The van der Waals surface area contributed by atoms with Gasteiger partial charge in [0.2, 0.25) is 0 Å². The molecule has 3 nitrogen and oxygen atoms in total. The molecule has 0 heterocycles. The van der Waals surface area contributed by atoms with Crippen molar-refractivity contribution in [2.24, 2.45) is 0 Å². The number of aliphatic hydroxyl groups excluding tert-OH is 1. The molecule has 0 fully saturated rings. The van der Waals surface area contributed by atoms with Crippen molar-refractivity contribution in [1.29, 1.82) is 0 Å². The second-order valence-electron chi connectivity index (χ2n) is 8.69. The number of anilines is 1. The lowest BCUT2D eigenvalue weighted by Gasteiger charge is -2.29. The Bertz CT molecular complexity index is 1290. The molecule has 0 spiro atoms. The van der Waals surface area contributed by atoms with Crippen molar-refractivity contribution in [3.63, 3.8) is 0 Å². The van der Waals surface area contributed by atoms with Crippen molar-refractivity contribution in [2.45, 2.75) is 43.7 Å². The highest BCUT2D eigenvalue weighted by Crippen LogP contribution is 2.44. The molecule has 3 aromatic carbocycles. The molecule has 0 aliphatic heterocycles. The predicted octanol–water partition coefficient (Wildman–Crippen LogP) is 7.87. The minimum absolute atomic E-state index is 0.00114. The van der Waals surface area contributed by atoms with Gasteiger partial charge in [-0.2, -0.15) is 48.3 Å². The first-order valence-corrected chi connectivity index (χ1v) is 11.3. The number of ether oxygens (including phenoxy) is 1. The highest BCUT2D eigenvalue weighted by atomic mass is 19.4. The molecule has 0 amide bonds. The number of hydrogen-bond donors (Lipinski definition) is 1. The van der Waals surface area contributed by atoms with Gasteiger partial charge in [0.15, 0.2) is 6.10 Å². The van der Waals surface area contributed by atoms with Crippen LogP contribution < -0.4 is 9.64 Å². The van der Waals surface area contributed by atoms with E-state index in [1.807, 2.05) is 0 Å². The minimum Gasteiger partial charge on any atom is -0.489 e. The van der Waals surface area contributed by atoms with Gasteiger partial charge in [-0.25, -0.2) is 0 Å². The molecule has 0 saturated heterocycles. The van der Waals surface area contributed by atoms with Crippen molar-refractivity contribution < 1.29 is 58.1 Å². The number of alkyl halides is 11. The van der Waals surface area contributed by atoms with Gasteiger partial charge in [-0.1, -0.05) is 36.4 Å². The van der Waals surface area contributed by atoms with E-state index in [0.717, 1.165) is 35.2 Å². The topological polar surface area (TPSA) is 32.7 Å². The summed E-state index contributed by atoms with van der Waals surface area (Å²) in [4.78, 5) is 0.889. The summed E-state index contributed by atoms with van der Waals surface area (Å²) >= 11 is 0. The van der Waals surface area contributed by atoms with E-state index >= 15 is 0 Å². The molecule has 0 aromatic heterocycles. The predicted molar refractivity (Wildman–Crippen MR) is 122 cm³/mol. The Hall–Kier alpha value is -3.55.